The summed E-state index contributed by atoms with van der Waals surface area (Å²) < 4.78 is 59.0. The largest absolute Gasteiger partial charge is 0.406 e. The van der Waals surface area contributed by atoms with Gasteiger partial charge in [0.1, 0.15) is 12.4 Å². The monoisotopic (exact) mass is 473 g/mol. The van der Waals surface area contributed by atoms with Crippen molar-refractivity contribution in [3.05, 3.63) is 65.8 Å². The van der Waals surface area contributed by atoms with Gasteiger partial charge in [-0.15, -0.1) is 0 Å². The quantitative estimate of drug-likeness (QED) is 0.320. The van der Waals surface area contributed by atoms with E-state index in [1.807, 2.05) is 0 Å². The molecule has 1 aliphatic rings. The fraction of sp³-hybridized carbons (Fsp3) is 0.261. The summed E-state index contributed by atoms with van der Waals surface area (Å²) in [7, 11) is 0. The van der Waals surface area contributed by atoms with Gasteiger partial charge >= 0.3 is 6.18 Å². The van der Waals surface area contributed by atoms with Crippen molar-refractivity contribution in [3.8, 4) is 11.5 Å². The van der Waals surface area contributed by atoms with Crippen LogP contribution in [-0.4, -0.2) is 26.8 Å². The van der Waals surface area contributed by atoms with Crippen LogP contribution in [0.2, 0.25) is 0 Å². The molecule has 0 bridgehead atoms. The highest BCUT2D eigenvalue weighted by molar-refractivity contribution is 5.95. The Hall–Kier alpha value is -3.89. The van der Waals surface area contributed by atoms with Crippen LogP contribution < -0.4 is 11.1 Å². The minimum atomic E-state index is -4.48. The van der Waals surface area contributed by atoms with Crippen molar-refractivity contribution in [3.63, 3.8) is 0 Å². The standard InChI is InChI=1S/C23H19F4N5O2/c24-13-6-4-12(5-7-13)14-8-15(14)22(33)29-10-20-30-21(31-34-20)19-9-16-17(28)2-1-3-18(16)32(19)11-23(25,26)27/h1-7,9,14-15H,8,10-11,28H2,(H,29,33)/t14-,15+/m0/s1. The molecule has 1 fully saturated rings. The molecule has 1 aliphatic carbocycles. The summed E-state index contributed by atoms with van der Waals surface area (Å²) in [5.74, 6) is -0.769. The minimum absolute atomic E-state index is 0.0161. The molecule has 1 saturated carbocycles. The van der Waals surface area contributed by atoms with E-state index < -0.39 is 12.7 Å². The van der Waals surface area contributed by atoms with Gasteiger partial charge in [-0.2, -0.15) is 18.2 Å². The first-order valence-corrected chi connectivity index (χ1v) is 10.5. The Morgan fingerprint density at radius 2 is 1.97 bits per heavy atom. The zero-order valence-corrected chi connectivity index (χ0v) is 17.6. The van der Waals surface area contributed by atoms with Gasteiger partial charge in [0.05, 0.1) is 17.8 Å². The molecule has 7 nitrogen and oxygen atoms in total. The number of nitrogens with one attached hydrogen (secondary N) is 1. The number of nitrogens with zero attached hydrogens (tertiary/aromatic N) is 3. The lowest BCUT2D eigenvalue weighted by Gasteiger charge is -2.11. The third-order valence-corrected chi connectivity index (χ3v) is 5.85. The highest BCUT2D eigenvalue weighted by Crippen LogP contribution is 2.47. The van der Waals surface area contributed by atoms with Crippen molar-refractivity contribution in [2.24, 2.45) is 5.92 Å². The van der Waals surface area contributed by atoms with Crippen molar-refractivity contribution in [2.45, 2.75) is 31.6 Å². The van der Waals surface area contributed by atoms with E-state index in [0.29, 0.717) is 23.0 Å². The number of halogens is 4. The van der Waals surface area contributed by atoms with Gasteiger partial charge in [0.15, 0.2) is 0 Å². The number of rotatable bonds is 6. The molecular weight excluding hydrogens is 454 g/mol. The second-order valence-electron chi connectivity index (χ2n) is 8.24. The maximum Gasteiger partial charge on any atom is 0.406 e. The van der Waals surface area contributed by atoms with Gasteiger partial charge in [-0.3, -0.25) is 4.79 Å². The Balaban J connectivity index is 1.31. The molecule has 0 spiro atoms. The highest BCUT2D eigenvalue weighted by Gasteiger charge is 2.43. The second kappa shape index (κ2) is 8.15. The van der Waals surface area contributed by atoms with Gasteiger partial charge in [0, 0.05) is 17.0 Å². The van der Waals surface area contributed by atoms with Gasteiger partial charge in [0.2, 0.25) is 17.6 Å². The number of benzene rings is 2. The topological polar surface area (TPSA) is 99.0 Å². The maximum absolute atomic E-state index is 13.2. The third kappa shape index (κ3) is 4.33. The number of amides is 1. The van der Waals surface area contributed by atoms with E-state index in [-0.39, 0.29) is 47.5 Å². The number of nitrogen functional groups attached to an aromatic ring is 1. The van der Waals surface area contributed by atoms with Crippen molar-refractivity contribution in [2.75, 3.05) is 5.73 Å². The number of carbonyl (C=O) groups excluding carboxylic acids is 1. The molecular formula is C23H19F4N5O2. The number of anilines is 1. The van der Waals surface area contributed by atoms with Gasteiger partial charge in [-0.25, -0.2) is 4.39 Å². The summed E-state index contributed by atoms with van der Waals surface area (Å²) in [5, 5.41) is 6.96. The molecule has 1 amide bonds. The van der Waals surface area contributed by atoms with Crippen LogP contribution in [0, 0.1) is 11.7 Å². The second-order valence-corrected chi connectivity index (χ2v) is 8.24. The summed E-state index contributed by atoms with van der Waals surface area (Å²) in [5.41, 5.74) is 7.55. The summed E-state index contributed by atoms with van der Waals surface area (Å²) in [4.78, 5) is 16.6. The Morgan fingerprint density at radius 3 is 2.71 bits per heavy atom. The molecule has 2 heterocycles. The Morgan fingerprint density at radius 1 is 1.21 bits per heavy atom. The molecule has 0 radical (unpaired) electrons. The molecule has 2 aromatic heterocycles. The van der Waals surface area contributed by atoms with Crippen LogP contribution in [-0.2, 0) is 17.9 Å². The summed E-state index contributed by atoms with van der Waals surface area (Å²) >= 11 is 0. The number of hydrogen-bond acceptors (Lipinski definition) is 5. The SMILES string of the molecule is Nc1cccc2c1cc(-c1noc(CNC(=O)[C@@H]3C[C@H]3c3ccc(F)cc3)n1)n2CC(F)(F)F. The number of aromatic nitrogens is 3. The average molecular weight is 473 g/mol. The third-order valence-electron chi connectivity index (χ3n) is 5.85. The number of fused-ring (bicyclic) bond motifs is 1. The van der Waals surface area contributed by atoms with Crippen LogP contribution >= 0.6 is 0 Å². The molecule has 4 aromatic rings. The molecule has 3 N–H and O–H groups in total. The Labute approximate surface area is 190 Å². The summed E-state index contributed by atoms with van der Waals surface area (Å²) in [6.45, 7) is -1.32. The molecule has 2 aromatic carbocycles. The Bertz CT molecular complexity index is 1360. The fourth-order valence-electron chi connectivity index (χ4n) is 4.13. The highest BCUT2D eigenvalue weighted by atomic mass is 19.4. The summed E-state index contributed by atoms with van der Waals surface area (Å²) in [6.07, 6.45) is -3.83. The maximum atomic E-state index is 13.2. The van der Waals surface area contributed by atoms with Crippen LogP contribution in [0.1, 0.15) is 23.8 Å². The van der Waals surface area contributed by atoms with Gasteiger partial charge in [0.25, 0.3) is 0 Å². The molecule has 0 saturated heterocycles. The zero-order valence-electron chi connectivity index (χ0n) is 17.6. The number of hydrogen-bond donors (Lipinski definition) is 2. The van der Waals surface area contributed by atoms with Gasteiger partial charge < -0.3 is 20.1 Å². The molecule has 0 aliphatic heterocycles. The lowest BCUT2D eigenvalue weighted by Crippen LogP contribution is -2.25. The van der Waals surface area contributed by atoms with Crippen molar-refractivity contribution >= 4 is 22.5 Å². The lowest BCUT2D eigenvalue weighted by atomic mass is 10.1. The molecule has 5 rings (SSSR count). The molecule has 0 unspecified atom stereocenters. The minimum Gasteiger partial charge on any atom is -0.398 e. The lowest BCUT2D eigenvalue weighted by molar-refractivity contribution is -0.139. The fourth-order valence-corrected chi connectivity index (χ4v) is 4.13. The predicted octanol–water partition coefficient (Wildman–Crippen LogP) is 4.39. The normalized spacial score (nSPS) is 17.8. The van der Waals surface area contributed by atoms with E-state index in [1.54, 1.807) is 24.3 Å². The first kappa shape index (κ1) is 21.9. The molecule has 11 heteroatoms. The van der Waals surface area contributed by atoms with E-state index in [2.05, 4.69) is 15.5 Å². The first-order chi connectivity index (χ1) is 16.2. The van der Waals surface area contributed by atoms with Crippen LogP contribution in [0.15, 0.2) is 53.1 Å². The summed E-state index contributed by atoms with van der Waals surface area (Å²) in [6, 6.07) is 12.2. The van der Waals surface area contributed by atoms with Crippen LogP contribution in [0.4, 0.5) is 23.2 Å². The average Bonchev–Trinajstić information content (AvgIpc) is 3.30. The first-order valence-electron chi connectivity index (χ1n) is 10.5. The van der Waals surface area contributed by atoms with E-state index in [4.69, 9.17) is 10.3 Å². The Kier molecular flexibility index (Phi) is 5.26. The van der Waals surface area contributed by atoms with Crippen LogP contribution in [0.3, 0.4) is 0 Å². The van der Waals surface area contributed by atoms with Crippen molar-refractivity contribution in [1.82, 2.24) is 20.0 Å². The van der Waals surface area contributed by atoms with E-state index in [0.717, 1.165) is 10.1 Å². The number of carbonyl (C=O) groups is 1. The predicted molar refractivity (Wildman–Crippen MR) is 115 cm³/mol. The van der Waals surface area contributed by atoms with Crippen LogP contribution in [0.5, 0.6) is 0 Å². The van der Waals surface area contributed by atoms with Crippen LogP contribution in [0.25, 0.3) is 22.4 Å². The number of alkyl halides is 3. The molecule has 176 valence electrons. The van der Waals surface area contributed by atoms with E-state index in [9.17, 15) is 22.4 Å². The van der Waals surface area contributed by atoms with Gasteiger partial charge in [-0.05, 0) is 48.2 Å². The van der Waals surface area contributed by atoms with Gasteiger partial charge in [-0.1, -0.05) is 23.4 Å². The van der Waals surface area contributed by atoms with E-state index in [1.165, 1.54) is 24.3 Å². The molecule has 2 atom stereocenters. The smallest absolute Gasteiger partial charge is 0.398 e. The van der Waals surface area contributed by atoms with Crippen molar-refractivity contribution < 1.29 is 26.9 Å². The molecule has 34 heavy (non-hydrogen) atoms. The van der Waals surface area contributed by atoms with Crippen molar-refractivity contribution in [1.29, 1.82) is 0 Å². The van der Waals surface area contributed by atoms with E-state index >= 15 is 0 Å². The zero-order chi connectivity index (χ0) is 24.0. The number of nitrogens with two attached hydrogens (primary N) is 1.